The van der Waals surface area contributed by atoms with E-state index < -0.39 is 72.5 Å². The Balaban J connectivity index is 2.89. The van der Waals surface area contributed by atoms with E-state index in [1.807, 2.05) is 0 Å². The molecule has 0 spiro atoms. The van der Waals surface area contributed by atoms with Crippen molar-refractivity contribution < 1.29 is 49.8 Å². The van der Waals surface area contributed by atoms with Crippen molar-refractivity contribution in [1.82, 2.24) is 0 Å². The standard InChI is InChI=1S/C17H24F8O3/c1-5-10-6-11(16(21,22)14(4,18)15(10,19)20)12(26)28-8-9(2)7-13(3,27)17(23,24)25/h9-11,27H,5-8H2,1-4H3. The number of hydrogen-bond acceptors (Lipinski definition) is 3. The largest absolute Gasteiger partial charge is 0.465 e. The molecule has 1 N–H and O–H groups in total. The van der Waals surface area contributed by atoms with Crippen LogP contribution in [0.15, 0.2) is 0 Å². The molecule has 0 amide bonds. The van der Waals surface area contributed by atoms with Crippen LogP contribution in [0, 0.1) is 17.8 Å². The van der Waals surface area contributed by atoms with E-state index in [2.05, 4.69) is 4.74 Å². The number of rotatable bonds is 6. The first-order chi connectivity index (χ1) is 12.3. The van der Waals surface area contributed by atoms with Crippen molar-refractivity contribution in [2.24, 2.45) is 17.8 Å². The Labute approximate surface area is 157 Å². The summed E-state index contributed by atoms with van der Waals surface area (Å²) in [6, 6.07) is 0. The Morgan fingerprint density at radius 3 is 2.11 bits per heavy atom. The number of alkyl halides is 8. The zero-order chi connectivity index (χ0) is 22.3. The van der Waals surface area contributed by atoms with Crippen molar-refractivity contribution in [3.05, 3.63) is 0 Å². The van der Waals surface area contributed by atoms with E-state index in [9.17, 15) is 45.0 Å². The summed E-state index contributed by atoms with van der Waals surface area (Å²) in [5.41, 5.74) is -7.39. The third-order valence-corrected chi connectivity index (χ3v) is 5.37. The molecule has 5 atom stereocenters. The van der Waals surface area contributed by atoms with E-state index in [0.717, 1.165) is 0 Å². The fourth-order valence-electron chi connectivity index (χ4n) is 3.36. The number of ether oxygens (including phenoxy) is 1. The first-order valence-electron chi connectivity index (χ1n) is 8.73. The molecular weight excluding hydrogens is 404 g/mol. The molecule has 0 bridgehead atoms. The Hall–Kier alpha value is -1.13. The summed E-state index contributed by atoms with van der Waals surface area (Å²) < 4.78 is 114. The summed E-state index contributed by atoms with van der Waals surface area (Å²) in [5.74, 6) is -16.2. The van der Waals surface area contributed by atoms with Crippen molar-refractivity contribution in [2.45, 2.75) is 76.2 Å². The quantitative estimate of drug-likeness (QED) is 0.483. The fourth-order valence-corrected chi connectivity index (χ4v) is 3.36. The van der Waals surface area contributed by atoms with Gasteiger partial charge in [0.05, 0.1) is 6.61 Å². The predicted octanol–water partition coefficient (Wildman–Crippen LogP) is 4.91. The Bertz CT molecular complexity index is 571. The summed E-state index contributed by atoms with van der Waals surface area (Å²) in [7, 11) is 0. The molecule has 28 heavy (non-hydrogen) atoms. The normalized spacial score (nSPS) is 33.0. The van der Waals surface area contributed by atoms with Gasteiger partial charge in [0.1, 0.15) is 5.92 Å². The van der Waals surface area contributed by atoms with Gasteiger partial charge in [0.2, 0.25) is 5.67 Å². The van der Waals surface area contributed by atoms with Gasteiger partial charge in [-0.2, -0.15) is 13.2 Å². The first-order valence-corrected chi connectivity index (χ1v) is 8.73. The summed E-state index contributed by atoms with van der Waals surface area (Å²) in [5, 5.41) is 9.39. The topological polar surface area (TPSA) is 46.5 Å². The monoisotopic (exact) mass is 428 g/mol. The lowest BCUT2D eigenvalue weighted by Gasteiger charge is -2.48. The maximum absolute atomic E-state index is 14.4. The molecule has 0 aliphatic heterocycles. The zero-order valence-corrected chi connectivity index (χ0v) is 15.8. The van der Waals surface area contributed by atoms with Crippen molar-refractivity contribution in [3.8, 4) is 0 Å². The average Bonchev–Trinajstić information content (AvgIpc) is 2.50. The van der Waals surface area contributed by atoms with Crippen molar-refractivity contribution in [1.29, 1.82) is 0 Å². The van der Waals surface area contributed by atoms with E-state index in [-0.39, 0.29) is 13.3 Å². The van der Waals surface area contributed by atoms with Crippen LogP contribution in [0.4, 0.5) is 35.1 Å². The van der Waals surface area contributed by atoms with Gasteiger partial charge in [0, 0.05) is 5.92 Å². The molecule has 0 saturated heterocycles. The molecule has 0 aromatic rings. The second-order valence-electron chi connectivity index (χ2n) is 7.85. The highest BCUT2D eigenvalue weighted by Crippen LogP contribution is 2.58. The van der Waals surface area contributed by atoms with Crippen LogP contribution in [0.25, 0.3) is 0 Å². The minimum absolute atomic E-state index is 0.0260. The van der Waals surface area contributed by atoms with Crippen LogP contribution in [-0.4, -0.2) is 47.0 Å². The summed E-state index contributed by atoms with van der Waals surface area (Å²) >= 11 is 0. The molecule has 1 saturated carbocycles. The number of carbonyl (C=O) groups excluding carboxylic acids is 1. The molecule has 166 valence electrons. The van der Waals surface area contributed by atoms with E-state index in [1.165, 1.54) is 13.8 Å². The second kappa shape index (κ2) is 7.60. The molecule has 1 aliphatic carbocycles. The highest BCUT2D eigenvalue weighted by molar-refractivity contribution is 5.74. The van der Waals surface area contributed by atoms with E-state index in [0.29, 0.717) is 6.92 Å². The number of carbonyl (C=O) groups is 1. The summed E-state index contributed by atoms with van der Waals surface area (Å²) in [4.78, 5) is 12.0. The number of hydrogen-bond donors (Lipinski definition) is 1. The molecule has 1 rings (SSSR count). The third-order valence-electron chi connectivity index (χ3n) is 5.37. The lowest BCUT2D eigenvalue weighted by atomic mass is 9.67. The van der Waals surface area contributed by atoms with Crippen LogP contribution in [0.5, 0.6) is 0 Å². The molecule has 0 aromatic heterocycles. The van der Waals surface area contributed by atoms with Gasteiger partial charge in [-0.15, -0.1) is 0 Å². The highest BCUT2D eigenvalue weighted by Gasteiger charge is 2.76. The summed E-state index contributed by atoms with van der Waals surface area (Å²) in [6.45, 7) is 2.17. The number of esters is 1. The molecule has 3 nitrogen and oxygen atoms in total. The van der Waals surface area contributed by atoms with Gasteiger partial charge in [-0.3, -0.25) is 4.79 Å². The molecular formula is C17H24F8O3. The van der Waals surface area contributed by atoms with Crippen LogP contribution in [0.1, 0.15) is 47.0 Å². The van der Waals surface area contributed by atoms with Crippen LogP contribution in [0.3, 0.4) is 0 Å². The number of aliphatic hydroxyl groups is 1. The van der Waals surface area contributed by atoms with Crippen molar-refractivity contribution >= 4 is 5.97 Å². The lowest BCUT2D eigenvalue weighted by Crippen LogP contribution is -2.66. The van der Waals surface area contributed by atoms with Crippen molar-refractivity contribution in [2.75, 3.05) is 6.61 Å². The lowest BCUT2D eigenvalue weighted by molar-refractivity contribution is -0.305. The van der Waals surface area contributed by atoms with Crippen LogP contribution >= 0.6 is 0 Å². The molecule has 0 aromatic carbocycles. The van der Waals surface area contributed by atoms with E-state index >= 15 is 0 Å². The maximum Gasteiger partial charge on any atom is 0.416 e. The minimum atomic E-state index is -4.96. The van der Waals surface area contributed by atoms with Gasteiger partial charge in [-0.1, -0.05) is 13.8 Å². The van der Waals surface area contributed by atoms with Crippen LogP contribution in [0.2, 0.25) is 0 Å². The first kappa shape index (κ1) is 24.9. The molecule has 1 aliphatic rings. The molecule has 0 heterocycles. The van der Waals surface area contributed by atoms with Gasteiger partial charge < -0.3 is 9.84 Å². The maximum atomic E-state index is 14.4. The highest BCUT2D eigenvalue weighted by atomic mass is 19.4. The molecule has 0 radical (unpaired) electrons. The van der Waals surface area contributed by atoms with Gasteiger partial charge >= 0.3 is 12.1 Å². The summed E-state index contributed by atoms with van der Waals surface area (Å²) in [6.07, 6.45) is -7.24. The molecule has 1 fully saturated rings. The van der Waals surface area contributed by atoms with Crippen LogP contribution in [-0.2, 0) is 9.53 Å². The van der Waals surface area contributed by atoms with Crippen molar-refractivity contribution in [3.63, 3.8) is 0 Å². The molecule has 5 unspecified atom stereocenters. The molecule has 11 heteroatoms. The fraction of sp³-hybridized carbons (Fsp3) is 0.941. The van der Waals surface area contributed by atoms with Gasteiger partial charge in [0.25, 0.3) is 11.8 Å². The zero-order valence-electron chi connectivity index (χ0n) is 15.8. The average molecular weight is 428 g/mol. The Morgan fingerprint density at radius 1 is 1.18 bits per heavy atom. The van der Waals surface area contributed by atoms with E-state index in [1.54, 1.807) is 0 Å². The predicted molar refractivity (Wildman–Crippen MR) is 82.7 cm³/mol. The third kappa shape index (κ3) is 4.23. The smallest absolute Gasteiger partial charge is 0.416 e. The van der Waals surface area contributed by atoms with Crippen LogP contribution < -0.4 is 0 Å². The SMILES string of the molecule is CCC1CC(C(=O)OCC(C)CC(C)(O)C(F)(F)F)C(F)(F)C(C)(F)C1(F)F. The van der Waals surface area contributed by atoms with Gasteiger partial charge in [-0.25, -0.2) is 22.0 Å². The van der Waals surface area contributed by atoms with Gasteiger partial charge in [-0.05, 0) is 39.0 Å². The minimum Gasteiger partial charge on any atom is -0.465 e. The number of halogens is 8. The van der Waals surface area contributed by atoms with Gasteiger partial charge in [0.15, 0.2) is 5.60 Å². The Kier molecular flexibility index (Phi) is 6.76. The second-order valence-corrected chi connectivity index (χ2v) is 7.85. The van der Waals surface area contributed by atoms with E-state index in [4.69, 9.17) is 0 Å². The Morgan fingerprint density at radius 2 is 1.68 bits per heavy atom.